The van der Waals surface area contributed by atoms with Crippen molar-refractivity contribution in [1.82, 2.24) is 14.9 Å². The molecule has 35 heavy (non-hydrogen) atoms. The molecule has 0 aliphatic carbocycles. The van der Waals surface area contributed by atoms with Crippen molar-refractivity contribution in [2.45, 2.75) is 12.8 Å². The monoisotopic (exact) mass is 489 g/mol. The van der Waals surface area contributed by atoms with Crippen LogP contribution in [0.25, 0.3) is 10.9 Å². The highest BCUT2D eigenvalue weighted by Crippen LogP contribution is 2.32. The number of rotatable bonds is 5. The molecular formula is C26H24ClN5O3. The lowest BCUT2D eigenvalue weighted by molar-refractivity contribution is -0.120. The number of para-hydroxylation sites is 1. The number of aromatic nitrogens is 2. The first-order chi connectivity index (χ1) is 17.1. The van der Waals surface area contributed by atoms with Crippen LogP contribution in [0.15, 0.2) is 73.1 Å². The molecule has 1 fully saturated rings. The number of amides is 2. The van der Waals surface area contributed by atoms with Crippen LogP contribution in [0.1, 0.15) is 12.8 Å². The van der Waals surface area contributed by atoms with E-state index in [9.17, 15) is 9.59 Å². The Labute approximate surface area is 207 Å². The smallest absolute Gasteiger partial charge is 0.330 e. The molecule has 2 amide bonds. The normalized spacial score (nSPS) is 14.0. The number of carbonyl (C=O) groups excluding carboxylic acids is 2. The van der Waals surface area contributed by atoms with Crippen LogP contribution in [0.5, 0.6) is 11.5 Å². The van der Waals surface area contributed by atoms with Crippen molar-refractivity contribution in [3.63, 3.8) is 0 Å². The molecule has 0 spiro atoms. The summed E-state index contributed by atoms with van der Waals surface area (Å²) in [6.45, 7) is 1.69. The van der Waals surface area contributed by atoms with Crippen molar-refractivity contribution in [2.24, 2.45) is 5.92 Å². The highest BCUT2D eigenvalue weighted by Gasteiger charge is 2.21. The van der Waals surface area contributed by atoms with Crippen LogP contribution in [-0.4, -0.2) is 34.6 Å². The summed E-state index contributed by atoms with van der Waals surface area (Å²) in [7, 11) is 0. The average molecular weight is 490 g/mol. The SMILES string of the molecule is O=C(Nc1cc(Oc2ccc3c(c2)c(Cl)cn3C(=O)Nc2ccccc2)ccn1)C1CCNCC1. The molecule has 4 aromatic rings. The molecule has 0 saturated carbocycles. The van der Waals surface area contributed by atoms with Crippen LogP contribution in [0, 0.1) is 5.92 Å². The van der Waals surface area contributed by atoms with Gasteiger partial charge in [0.1, 0.15) is 17.3 Å². The zero-order valence-corrected chi connectivity index (χ0v) is 19.6. The molecule has 3 N–H and O–H groups in total. The van der Waals surface area contributed by atoms with E-state index in [1.807, 2.05) is 30.3 Å². The predicted octanol–water partition coefficient (Wildman–Crippen LogP) is 5.50. The number of anilines is 2. The van der Waals surface area contributed by atoms with E-state index in [-0.39, 0.29) is 17.9 Å². The third-order valence-corrected chi connectivity index (χ3v) is 6.20. The van der Waals surface area contributed by atoms with Gasteiger partial charge in [0.05, 0.1) is 10.5 Å². The topological polar surface area (TPSA) is 97.3 Å². The maximum atomic E-state index is 12.8. The van der Waals surface area contributed by atoms with Crippen molar-refractivity contribution in [1.29, 1.82) is 0 Å². The molecule has 1 saturated heterocycles. The van der Waals surface area contributed by atoms with Crippen LogP contribution in [-0.2, 0) is 4.79 Å². The molecule has 9 heteroatoms. The minimum atomic E-state index is -0.315. The summed E-state index contributed by atoms with van der Waals surface area (Å²) in [5.74, 6) is 1.46. The lowest BCUT2D eigenvalue weighted by Gasteiger charge is -2.21. The summed E-state index contributed by atoms with van der Waals surface area (Å²) in [6.07, 6.45) is 4.79. The molecule has 0 atom stereocenters. The molecule has 8 nitrogen and oxygen atoms in total. The molecule has 2 aromatic carbocycles. The van der Waals surface area contributed by atoms with Crippen LogP contribution in [0.2, 0.25) is 5.02 Å². The van der Waals surface area contributed by atoms with Crippen molar-refractivity contribution < 1.29 is 14.3 Å². The number of halogens is 1. The molecule has 2 aromatic heterocycles. The van der Waals surface area contributed by atoms with E-state index < -0.39 is 0 Å². The van der Waals surface area contributed by atoms with Gasteiger partial charge in [-0.3, -0.25) is 9.36 Å². The third kappa shape index (κ3) is 5.29. The Hall–Kier alpha value is -3.88. The van der Waals surface area contributed by atoms with Crippen LogP contribution in [0.3, 0.4) is 0 Å². The van der Waals surface area contributed by atoms with Gasteiger partial charge in [0.2, 0.25) is 5.91 Å². The Morgan fingerprint density at radius 3 is 2.57 bits per heavy atom. The van der Waals surface area contributed by atoms with Gasteiger partial charge in [-0.15, -0.1) is 0 Å². The van der Waals surface area contributed by atoms with E-state index >= 15 is 0 Å². The van der Waals surface area contributed by atoms with Crippen molar-refractivity contribution >= 4 is 45.9 Å². The molecule has 0 bridgehead atoms. The highest BCUT2D eigenvalue weighted by atomic mass is 35.5. The molecular weight excluding hydrogens is 466 g/mol. The van der Waals surface area contributed by atoms with Crippen LogP contribution < -0.4 is 20.7 Å². The number of hydrogen-bond acceptors (Lipinski definition) is 5. The Balaban J connectivity index is 1.31. The van der Waals surface area contributed by atoms with Crippen molar-refractivity contribution in [3.8, 4) is 11.5 Å². The molecule has 1 aliphatic rings. The largest absolute Gasteiger partial charge is 0.457 e. The van der Waals surface area contributed by atoms with Crippen molar-refractivity contribution in [3.05, 3.63) is 78.1 Å². The lowest BCUT2D eigenvalue weighted by Crippen LogP contribution is -2.34. The molecule has 5 rings (SSSR count). The predicted molar refractivity (Wildman–Crippen MR) is 136 cm³/mol. The molecule has 178 valence electrons. The van der Waals surface area contributed by atoms with Crippen LogP contribution >= 0.6 is 11.6 Å². The first-order valence-electron chi connectivity index (χ1n) is 11.4. The number of piperidine rings is 1. The first kappa shape index (κ1) is 22.9. The van der Waals surface area contributed by atoms with E-state index in [0.29, 0.717) is 38.9 Å². The number of benzene rings is 2. The summed E-state index contributed by atoms with van der Waals surface area (Å²) in [5.41, 5.74) is 1.34. The Morgan fingerprint density at radius 2 is 1.77 bits per heavy atom. The molecule has 0 radical (unpaired) electrons. The minimum Gasteiger partial charge on any atom is -0.457 e. The van der Waals surface area contributed by atoms with E-state index in [2.05, 4.69) is 20.9 Å². The number of pyridine rings is 1. The van der Waals surface area contributed by atoms with Crippen LogP contribution in [0.4, 0.5) is 16.3 Å². The number of carbonyl (C=O) groups is 2. The minimum absolute atomic E-state index is 0.0182. The zero-order chi connectivity index (χ0) is 24.2. The van der Waals surface area contributed by atoms with E-state index in [4.69, 9.17) is 16.3 Å². The second-order valence-electron chi connectivity index (χ2n) is 8.31. The Morgan fingerprint density at radius 1 is 1.00 bits per heavy atom. The Kier molecular flexibility index (Phi) is 6.65. The zero-order valence-electron chi connectivity index (χ0n) is 18.8. The summed E-state index contributed by atoms with van der Waals surface area (Å²) >= 11 is 6.44. The maximum absolute atomic E-state index is 12.8. The highest BCUT2D eigenvalue weighted by molar-refractivity contribution is 6.36. The maximum Gasteiger partial charge on any atom is 0.330 e. The van der Waals surface area contributed by atoms with Gasteiger partial charge in [-0.1, -0.05) is 29.8 Å². The van der Waals surface area contributed by atoms with Gasteiger partial charge in [0.25, 0.3) is 0 Å². The van der Waals surface area contributed by atoms with E-state index in [1.165, 1.54) is 4.57 Å². The fourth-order valence-corrected chi connectivity index (χ4v) is 4.35. The summed E-state index contributed by atoms with van der Waals surface area (Å²) < 4.78 is 7.47. The summed E-state index contributed by atoms with van der Waals surface area (Å²) in [5, 5.41) is 10.1. The van der Waals surface area contributed by atoms with Gasteiger partial charge in [-0.25, -0.2) is 9.78 Å². The van der Waals surface area contributed by atoms with Gasteiger partial charge >= 0.3 is 6.03 Å². The quantitative estimate of drug-likeness (QED) is 0.344. The summed E-state index contributed by atoms with van der Waals surface area (Å²) in [4.78, 5) is 29.5. The van der Waals surface area contributed by atoms with E-state index in [0.717, 1.165) is 25.9 Å². The van der Waals surface area contributed by atoms with Crippen molar-refractivity contribution in [2.75, 3.05) is 23.7 Å². The average Bonchev–Trinajstić information content (AvgIpc) is 3.21. The van der Waals surface area contributed by atoms with E-state index in [1.54, 1.807) is 42.7 Å². The lowest BCUT2D eigenvalue weighted by atomic mass is 9.97. The number of nitrogens with one attached hydrogen (secondary N) is 3. The van der Waals surface area contributed by atoms with Gasteiger partial charge in [0.15, 0.2) is 0 Å². The van der Waals surface area contributed by atoms with Gasteiger partial charge < -0.3 is 20.7 Å². The second-order valence-corrected chi connectivity index (χ2v) is 8.72. The van der Waals surface area contributed by atoms with Gasteiger partial charge in [-0.2, -0.15) is 0 Å². The second kappa shape index (κ2) is 10.2. The number of fused-ring (bicyclic) bond motifs is 1. The third-order valence-electron chi connectivity index (χ3n) is 5.90. The standard InChI is InChI=1S/C26H24ClN5O3/c27-22-16-32(26(34)30-18-4-2-1-3-5-18)23-7-6-19(14-21(22)23)35-20-10-13-29-24(15-20)31-25(33)17-8-11-28-12-9-17/h1-7,10,13-17,28H,8-9,11-12H2,(H,30,34)(H,29,31,33). The van der Waals surface area contributed by atoms with Gasteiger partial charge in [-0.05, 0) is 62.3 Å². The fraction of sp³-hybridized carbons (Fsp3) is 0.192. The first-order valence-corrected chi connectivity index (χ1v) is 11.8. The number of hydrogen-bond donors (Lipinski definition) is 3. The molecule has 0 unspecified atom stereocenters. The van der Waals surface area contributed by atoms with Gasteiger partial charge in [0, 0.05) is 35.5 Å². The number of nitrogens with zero attached hydrogens (tertiary/aromatic N) is 2. The summed E-state index contributed by atoms with van der Waals surface area (Å²) in [6, 6.07) is 17.6. The molecule has 1 aliphatic heterocycles. The fourth-order valence-electron chi connectivity index (χ4n) is 4.10. The molecule has 3 heterocycles. The number of ether oxygens (including phenoxy) is 1. The Bertz CT molecular complexity index is 1370.